The summed E-state index contributed by atoms with van der Waals surface area (Å²) in [5.41, 5.74) is -0.706. The fourth-order valence-electron chi connectivity index (χ4n) is 1.05. The number of amides is 1. The Bertz CT molecular complexity index is 501. The Morgan fingerprint density at radius 1 is 1.41 bits per heavy atom. The van der Waals surface area contributed by atoms with Crippen molar-refractivity contribution in [2.24, 2.45) is 5.41 Å². The highest BCUT2D eigenvalue weighted by Gasteiger charge is 2.35. The van der Waals surface area contributed by atoms with E-state index < -0.39 is 17.3 Å². The molecule has 1 rings (SSSR count). The van der Waals surface area contributed by atoms with Gasteiger partial charge in [-0.05, 0) is 32.0 Å². The highest BCUT2D eigenvalue weighted by atomic mass is 16.4. The molecule has 0 heterocycles. The van der Waals surface area contributed by atoms with E-state index in [1.807, 2.05) is 6.07 Å². The van der Waals surface area contributed by atoms with E-state index >= 15 is 0 Å². The molecule has 0 bridgehead atoms. The van der Waals surface area contributed by atoms with Crippen LogP contribution in [-0.2, 0) is 9.59 Å². The predicted molar refractivity (Wildman–Crippen MR) is 61.2 cm³/mol. The average molecular weight is 232 g/mol. The van der Waals surface area contributed by atoms with Crippen molar-refractivity contribution in [1.29, 1.82) is 5.26 Å². The zero-order valence-corrected chi connectivity index (χ0v) is 9.52. The summed E-state index contributed by atoms with van der Waals surface area (Å²) < 4.78 is 0. The summed E-state index contributed by atoms with van der Waals surface area (Å²) in [5.74, 6) is -1.83. The Kier molecular flexibility index (Phi) is 3.49. The van der Waals surface area contributed by atoms with Crippen LogP contribution in [0.25, 0.3) is 0 Å². The molecule has 0 radical (unpaired) electrons. The van der Waals surface area contributed by atoms with Crippen LogP contribution in [0.1, 0.15) is 19.4 Å². The van der Waals surface area contributed by atoms with Crippen molar-refractivity contribution in [1.82, 2.24) is 0 Å². The molecule has 5 heteroatoms. The lowest BCUT2D eigenvalue weighted by Gasteiger charge is -2.18. The van der Waals surface area contributed by atoms with Gasteiger partial charge in [0.15, 0.2) is 0 Å². The molecular weight excluding hydrogens is 220 g/mol. The van der Waals surface area contributed by atoms with E-state index in [1.165, 1.54) is 19.9 Å². The number of carboxylic acid groups (broad SMARTS) is 1. The first-order chi connectivity index (χ1) is 7.87. The van der Waals surface area contributed by atoms with Gasteiger partial charge < -0.3 is 10.4 Å². The monoisotopic (exact) mass is 232 g/mol. The number of nitrogens with zero attached hydrogens (tertiary/aromatic N) is 1. The smallest absolute Gasteiger partial charge is 0.318 e. The van der Waals surface area contributed by atoms with E-state index in [0.717, 1.165) is 0 Å². The van der Waals surface area contributed by atoms with Crippen LogP contribution in [-0.4, -0.2) is 17.0 Å². The maximum Gasteiger partial charge on any atom is 0.318 e. The molecule has 17 heavy (non-hydrogen) atoms. The van der Waals surface area contributed by atoms with Gasteiger partial charge >= 0.3 is 5.97 Å². The van der Waals surface area contributed by atoms with Crippen LogP contribution in [0.15, 0.2) is 24.3 Å². The number of carboxylic acids is 1. The van der Waals surface area contributed by atoms with Crippen LogP contribution in [0, 0.1) is 16.7 Å². The average Bonchev–Trinajstić information content (AvgIpc) is 2.29. The maximum absolute atomic E-state index is 11.7. The van der Waals surface area contributed by atoms with Crippen molar-refractivity contribution >= 4 is 17.6 Å². The third-order valence-electron chi connectivity index (χ3n) is 2.35. The quantitative estimate of drug-likeness (QED) is 0.774. The van der Waals surface area contributed by atoms with Crippen LogP contribution in [0.4, 0.5) is 5.69 Å². The summed E-state index contributed by atoms with van der Waals surface area (Å²) in [7, 11) is 0. The fourth-order valence-corrected chi connectivity index (χ4v) is 1.05. The predicted octanol–water partition coefficient (Wildman–Crippen LogP) is 1.61. The first kappa shape index (κ1) is 12.7. The molecule has 0 saturated heterocycles. The summed E-state index contributed by atoms with van der Waals surface area (Å²) in [4.78, 5) is 22.6. The zero-order valence-electron chi connectivity index (χ0n) is 9.52. The molecule has 0 aliphatic carbocycles. The number of aliphatic carboxylic acids is 1. The van der Waals surface area contributed by atoms with Crippen LogP contribution in [0.5, 0.6) is 0 Å². The van der Waals surface area contributed by atoms with Crippen molar-refractivity contribution in [2.45, 2.75) is 13.8 Å². The van der Waals surface area contributed by atoms with Gasteiger partial charge in [-0.25, -0.2) is 0 Å². The van der Waals surface area contributed by atoms with E-state index in [1.54, 1.807) is 18.2 Å². The Morgan fingerprint density at radius 2 is 2.06 bits per heavy atom. The van der Waals surface area contributed by atoms with E-state index in [-0.39, 0.29) is 0 Å². The lowest BCUT2D eigenvalue weighted by atomic mass is 9.92. The molecule has 0 unspecified atom stereocenters. The molecule has 5 nitrogen and oxygen atoms in total. The lowest BCUT2D eigenvalue weighted by Crippen LogP contribution is -2.37. The first-order valence-electron chi connectivity index (χ1n) is 4.93. The number of nitriles is 1. The van der Waals surface area contributed by atoms with Crippen molar-refractivity contribution in [3.8, 4) is 6.07 Å². The maximum atomic E-state index is 11.7. The molecule has 1 aromatic rings. The van der Waals surface area contributed by atoms with Gasteiger partial charge in [0, 0.05) is 5.69 Å². The van der Waals surface area contributed by atoms with Crippen LogP contribution in [0.3, 0.4) is 0 Å². The van der Waals surface area contributed by atoms with Gasteiger partial charge in [-0.2, -0.15) is 5.26 Å². The van der Waals surface area contributed by atoms with Crippen LogP contribution in [0.2, 0.25) is 0 Å². The van der Waals surface area contributed by atoms with Gasteiger partial charge in [0.25, 0.3) is 0 Å². The number of benzene rings is 1. The zero-order chi connectivity index (χ0) is 13.1. The number of hydrogen-bond acceptors (Lipinski definition) is 3. The van der Waals surface area contributed by atoms with Crippen LogP contribution < -0.4 is 5.32 Å². The summed E-state index contributed by atoms with van der Waals surface area (Å²) in [6.45, 7) is 2.64. The molecule has 1 amide bonds. The summed E-state index contributed by atoms with van der Waals surface area (Å²) in [6.07, 6.45) is 0. The molecular formula is C12H12N2O3. The van der Waals surface area contributed by atoms with Gasteiger partial charge in [-0.1, -0.05) is 6.07 Å². The highest BCUT2D eigenvalue weighted by Crippen LogP contribution is 2.19. The first-order valence-corrected chi connectivity index (χ1v) is 4.93. The molecule has 0 saturated carbocycles. The van der Waals surface area contributed by atoms with Crippen molar-refractivity contribution < 1.29 is 14.7 Å². The molecule has 2 N–H and O–H groups in total. The third-order valence-corrected chi connectivity index (χ3v) is 2.35. The minimum absolute atomic E-state index is 0.399. The topological polar surface area (TPSA) is 90.2 Å². The number of hydrogen-bond donors (Lipinski definition) is 2. The SMILES string of the molecule is CC(C)(C(=O)O)C(=O)Nc1cccc(C#N)c1. The van der Waals surface area contributed by atoms with Gasteiger partial charge in [-0.15, -0.1) is 0 Å². The second-order valence-electron chi connectivity index (χ2n) is 4.08. The normalized spacial score (nSPS) is 10.4. The van der Waals surface area contributed by atoms with Gasteiger partial charge in [-0.3, -0.25) is 9.59 Å². The number of anilines is 1. The highest BCUT2D eigenvalue weighted by molar-refractivity contribution is 6.07. The van der Waals surface area contributed by atoms with Gasteiger partial charge in [0.2, 0.25) is 5.91 Å². The minimum atomic E-state index is -1.51. The summed E-state index contributed by atoms with van der Waals surface area (Å²) in [6, 6.07) is 8.22. The van der Waals surface area contributed by atoms with E-state index in [2.05, 4.69) is 5.32 Å². The number of carbonyl (C=O) groups is 2. The Hall–Kier alpha value is -2.35. The number of rotatable bonds is 3. The standard InChI is InChI=1S/C12H12N2O3/c1-12(2,11(16)17)10(15)14-9-5-3-4-8(6-9)7-13/h3-6H,1-2H3,(H,14,15)(H,16,17). The molecule has 0 aliphatic heterocycles. The van der Waals surface area contributed by atoms with Crippen LogP contribution >= 0.6 is 0 Å². The van der Waals surface area contributed by atoms with Crippen molar-refractivity contribution in [2.75, 3.05) is 5.32 Å². The third kappa shape index (κ3) is 2.82. The van der Waals surface area contributed by atoms with E-state index in [4.69, 9.17) is 10.4 Å². The Morgan fingerprint density at radius 3 is 2.59 bits per heavy atom. The fraction of sp³-hybridized carbons (Fsp3) is 0.250. The minimum Gasteiger partial charge on any atom is -0.480 e. The molecule has 88 valence electrons. The van der Waals surface area contributed by atoms with E-state index in [9.17, 15) is 9.59 Å². The summed E-state index contributed by atoms with van der Waals surface area (Å²) in [5, 5.41) is 20.0. The summed E-state index contributed by atoms with van der Waals surface area (Å²) >= 11 is 0. The second kappa shape index (κ2) is 4.66. The number of carbonyl (C=O) groups excluding carboxylic acids is 1. The Labute approximate surface area is 98.7 Å². The molecule has 0 fully saturated rings. The largest absolute Gasteiger partial charge is 0.480 e. The molecule has 1 aromatic carbocycles. The molecule has 0 atom stereocenters. The molecule has 0 aliphatic rings. The van der Waals surface area contributed by atoms with Crippen molar-refractivity contribution in [3.63, 3.8) is 0 Å². The van der Waals surface area contributed by atoms with Gasteiger partial charge in [0.1, 0.15) is 5.41 Å². The molecule has 0 aromatic heterocycles. The molecule has 0 spiro atoms. The second-order valence-corrected chi connectivity index (χ2v) is 4.08. The number of nitrogens with one attached hydrogen (secondary N) is 1. The van der Waals surface area contributed by atoms with Gasteiger partial charge in [0.05, 0.1) is 11.6 Å². The Balaban J connectivity index is 2.89. The lowest BCUT2D eigenvalue weighted by molar-refractivity contribution is -0.151. The van der Waals surface area contributed by atoms with Crippen molar-refractivity contribution in [3.05, 3.63) is 29.8 Å². The van der Waals surface area contributed by atoms with E-state index in [0.29, 0.717) is 11.3 Å².